The van der Waals surface area contributed by atoms with E-state index in [4.69, 9.17) is 44.1 Å². The number of aryl methyl sites for hydroxylation is 6. The summed E-state index contributed by atoms with van der Waals surface area (Å²) in [5.74, 6) is 2.33. The molecule has 0 atom stereocenters. The standard InChI is InChI=1S/C121H192N8O5/c1-8-15-22-29-36-42-48-54-60-69-78-97-89-105-106(90-98(97)79-70-61-55-49-43-37-30-23-16-9-2)116-124-115(105)122-114-104-85-84-103(132-86-75-67-68-77-88-134-113(131)96-112(130)133-87-76-66-35-28-21-14-7)95-111(104)121(123-114)129-120-110-94-102(83-74-65-59-53-47-41-34-27-20-13-6)101(82-73-64-58-52-46-40-33-26-19-12-5)93-109(110)119(128-120)127-118-108-92-100(81-72-63-57-51-45-39-32-25-18-11-4)99(91-107(108)117(125-116)126-118)80-71-62-56-50-44-38-31-24-17-10-3/h84-85,89-95H,8-83,86-88,96H2,1-7H3,(H2,122,123,124,125,126,127,128,129). The van der Waals surface area contributed by atoms with E-state index >= 15 is 0 Å². The van der Waals surface area contributed by atoms with Gasteiger partial charge in [0.25, 0.3) is 0 Å². The van der Waals surface area contributed by atoms with E-state index in [-0.39, 0.29) is 13.0 Å². The van der Waals surface area contributed by atoms with Crippen molar-refractivity contribution in [3.05, 3.63) is 88.0 Å². The first-order valence-corrected chi connectivity index (χ1v) is 57.6. The molecule has 0 saturated heterocycles. The van der Waals surface area contributed by atoms with Crippen molar-refractivity contribution >= 4 is 56.1 Å². The molecule has 4 aromatic carbocycles. The molecule has 0 radical (unpaired) electrons. The number of H-pyrrole nitrogens is 2. The third kappa shape index (κ3) is 42.0. The summed E-state index contributed by atoms with van der Waals surface area (Å²) in [5.41, 5.74) is 15.6. The molecule has 3 aromatic heterocycles. The quantitative estimate of drug-likeness (QED) is 0.0211. The van der Waals surface area contributed by atoms with Gasteiger partial charge in [0.1, 0.15) is 34.8 Å². The highest BCUT2D eigenvalue weighted by Gasteiger charge is 2.27. The van der Waals surface area contributed by atoms with Crippen LogP contribution in [-0.4, -0.2) is 71.6 Å². The molecule has 8 bridgehead atoms. The van der Waals surface area contributed by atoms with Crippen LogP contribution in [0.1, 0.15) is 538 Å². The van der Waals surface area contributed by atoms with E-state index in [9.17, 15) is 9.59 Å². The number of carbonyl (C=O) groups excluding carboxylic acids is 2. The monoisotopic (exact) mass is 1840 g/mol. The lowest BCUT2D eigenvalue weighted by Gasteiger charge is -2.13. The summed E-state index contributed by atoms with van der Waals surface area (Å²) in [6, 6.07) is 21.5. The molecule has 9 rings (SSSR count). The van der Waals surface area contributed by atoms with E-state index in [2.05, 4.69) is 113 Å². The summed E-state index contributed by atoms with van der Waals surface area (Å²) in [5, 5.41) is 4.28. The van der Waals surface area contributed by atoms with Gasteiger partial charge < -0.3 is 24.2 Å². The molecule has 13 heteroatoms. The molecule has 0 aliphatic carbocycles. The fraction of sp³-hybridized carbons (Fsp3) is 0.719. The molecule has 0 spiro atoms. The number of hydrogen-bond donors (Lipinski definition) is 2. The Morgan fingerprint density at radius 2 is 0.418 bits per heavy atom. The maximum Gasteiger partial charge on any atom is 0.317 e. The van der Waals surface area contributed by atoms with E-state index < -0.39 is 11.9 Å². The molecule has 7 aromatic rings. The summed E-state index contributed by atoms with van der Waals surface area (Å²) in [4.78, 5) is 68.1. The van der Waals surface area contributed by atoms with Gasteiger partial charge in [-0.3, -0.25) is 9.59 Å². The Kier molecular flexibility index (Phi) is 57.6. The minimum atomic E-state index is -0.523. The van der Waals surface area contributed by atoms with Crippen LogP contribution in [0.25, 0.3) is 89.7 Å². The predicted octanol–water partition coefficient (Wildman–Crippen LogP) is 37.4. The van der Waals surface area contributed by atoms with Crippen LogP contribution in [0.15, 0.2) is 54.6 Å². The van der Waals surface area contributed by atoms with Crippen LogP contribution in [0.2, 0.25) is 0 Å². The van der Waals surface area contributed by atoms with Gasteiger partial charge in [-0.25, -0.2) is 29.9 Å². The number of fused-ring (bicyclic) bond motifs is 20. The van der Waals surface area contributed by atoms with Gasteiger partial charge in [-0.2, -0.15) is 0 Å². The van der Waals surface area contributed by atoms with Crippen molar-refractivity contribution in [2.24, 2.45) is 0 Å². The molecular weight excluding hydrogens is 1650 g/mol. The minimum absolute atomic E-state index is 0.274. The second kappa shape index (κ2) is 69.7. The van der Waals surface area contributed by atoms with E-state index in [1.807, 2.05) is 0 Å². The Balaban J connectivity index is 1.17. The maximum atomic E-state index is 12.7. The summed E-state index contributed by atoms with van der Waals surface area (Å²) >= 11 is 0. The SMILES string of the molecule is CCCCCCCCCCCCc1cc2c(cc1CCCCCCCCCCCC)-c1nc-2nc2[nH]c(nc3nc(nc4[nH]c(n1)c1cc(CCCCCCCCCCCC)c(CCCCCCCCCCCC)cc41)-c1cc(OCCCCCCOC(=O)CC(=O)OCCCCCCCC)ccc1-3)c1cc(CCCCCCCCCCCC)c(CCCCCCCCCCCC)cc21. The number of hydrogen-bond acceptors (Lipinski definition) is 11. The zero-order chi connectivity index (χ0) is 94.1. The Labute approximate surface area is 816 Å². The average molecular weight is 1840 g/mol. The number of nitrogens with zero attached hydrogens (tertiary/aromatic N) is 6. The number of benzene rings is 4. The number of carbonyl (C=O) groups is 2. The molecule has 746 valence electrons. The second-order valence-corrected chi connectivity index (χ2v) is 41.1. The summed E-state index contributed by atoms with van der Waals surface area (Å²) in [6.07, 6.45) is 94.4. The van der Waals surface area contributed by atoms with Crippen molar-refractivity contribution in [1.82, 2.24) is 39.9 Å². The average Bonchev–Trinajstić information content (AvgIpc) is 1.59. The number of aromatic nitrogens is 8. The van der Waals surface area contributed by atoms with Crippen molar-refractivity contribution in [2.45, 2.75) is 543 Å². The molecule has 0 amide bonds. The number of unbranched alkanes of at least 4 members (excludes halogenated alkanes) is 62. The van der Waals surface area contributed by atoms with Gasteiger partial charge in [0, 0.05) is 43.8 Å². The van der Waals surface area contributed by atoms with Gasteiger partial charge in [-0.15, -0.1) is 0 Å². The zero-order valence-electron chi connectivity index (χ0n) is 87.0. The van der Waals surface area contributed by atoms with Gasteiger partial charge in [0.15, 0.2) is 23.3 Å². The Morgan fingerprint density at radius 3 is 0.664 bits per heavy atom. The van der Waals surface area contributed by atoms with E-state index in [1.165, 1.54) is 419 Å². The van der Waals surface area contributed by atoms with Crippen LogP contribution in [-0.2, 0) is 57.6 Å². The number of nitrogens with one attached hydrogen (secondary N) is 2. The van der Waals surface area contributed by atoms with Crippen LogP contribution in [0, 0.1) is 0 Å². The lowest BCUT2D eigenvalue weighted by Crippen LogP contribution is -2.15. The third-order valence-electron chi connectivity index (χ3n) is 29.2. The molecule has 2 N–H and O–H groups in total. The van der Waals surface area contributed by atoms with Gasteiger partial charge in [-0.05, 0) is 197 Å². The Hall–Kier alpha value is -7.02. The molecule has 134 heavy (non-hydrogen) atoms. The highest BCUT2D eigenvalue weighted by molar-refractivity contribution is 6.07. The van der Waals surface area contributed by atoms with Crippen molar-refractivity contribution < 1.29 is 23.8 Å². The first kappa shape index (κ1) is 111. The Bertz CT molecular complexity index is 4480. The normalized spacial score (nSPS) is 11.9. The molecular formula is C121H192N8O5. The van der Waals surface area contributed by atoms with Gasteiger partial charge >= 0.3 is 11.9 Å². The van der Waals surface area contributed by atoms with Gasteiger partial charge in [-0.1, -0.05) is 427 Å². The van der Waals surface area contributed by atoms with Crippen LogP contribution in [0.5, 0.6) is 5.75 Å². The summed E-state index contributed by atoms with van der Waals surface area (Å²) in [6.45, 7) is 17.3. The molecule has 0 fully saturated rings. The minimum Gasteiger partial charge on any atom is -0.494 e. The largest absolute Gasteiger partial charge is 0.494 e. The maximum absolute atomic E-state index is 12.7. The summed E-state index contributed by atoms with van der Waals surface area (Å²) < 4.78 is 17.6. The smallest absolute Gasteiger partial charge is 0.317 e. The topological polar surface area (TPSA) is 171 Å². The highest BCUT2D eigenvalue weighted by atomic mass is 16.6. The third-order valence-corrected chi connectivity index (χ3v) is 29.2. The molecule has 5 heterocycles. The zero-order valence-corrected chi connectivity index (χ0v) is 87.0. The lowest BCUT2D eigenvalue weighted by atomic mass is 9.91. The first-order valence-electron chi connectivity index (χ1n) is 57.6. The molecule has 0 saturated carbocycles. The van der Waals surface area contributed by atoms with E-state index in [0.717, 1.165) is 168 Å². The van der Waals surface area contributed by atoms with E-state index in [1.54, 1.807) is 0 Å². The van der Waals surface area contributed by atoms with E-state index in [0.29, 0.717) is 42.9 Å². The molecule has 13 nitrogen and oxygen atoms in total. The van der Waals surface area contributed by atoms with Crippen LogP contribution in [0.4, 0.5) is 0 Å². The van der Waals surface area contributed by atoms with Crippen LogP contribution in [0.3, 0.4) is 0 Å². The van der Waals surface area contributed by atoms with Crippen molar-refractivity contribution in [1.29, 1.82) is 0 Å². The molecule has 2 aliphatic heterocycles. The number of rotatable bonds is 83. The first-order chi connectivity index (χ1) is 66.2. The lowest BCUT2D eigenvalue weighted by molar-refractivity contribution is -0.154. The number of ether oxygens (including phenoxy) is 3. The second-order valence-electron chi connectivity index (χ2n) is 41.1. The van der Waals surface area contributed by atoms with Crippen molar-refractivity contribution in [3.63, 3.8) is 0 Å². The van der Waals surface area contributed by atoms with Crippen LogP contribution >= 0.6 is 0 Å². The van der Waals surface area contributed by atoms with Crippen LogP contribution < -0.4 is 4.74 Å². The van der Waals surface area contributed by atoms with Gasteiger partial charge in [0.05, 0.1) is 19.8 Å². The number of esters is 2. The fourth-order valence-corrected chi connectivity index (χ4v) is 20.7. The van der Waals surface area contributed by atoms with Crippen molar-refractivity contribution in [2.75, 3.05) is 19.8 Å². The fourth-order valence-electron chi connectivity index (χ4n) is 20.7. The predicted molar refractivity (Wildman–Crippen MR) is 573 cm³/mol. The Morgan fingerprint density at radius 1 is 0.216 bits per heavy atom. The van der Waals surface area contributed by atoms with Crippen molar-refractivity contribution in [3.8, 4) is 51.3 Å². The molecule has 0 unspecified atom stereocenters. The molecule has 2 aliphatic rings. The number of aromatic amines is 2. The highest BCUT2D eigenvalue weighted by Crippen LogP contribution is 2.42. The summed E-state index contributed by atoms with van der Waals surface area (Å²) in [7, 11) is 0. The van der Waals surface area contributed by atoms with Gasteiger partial charge in [0.2, 0.25) is 0 Å².